The molecule has 0 spiro atoms. The van der Waals surface area contributed by atoms with Crippen LogP contribution >= 0.6 is 0 Å². The monoisotopic (exact) mass is 382 g/mol. The average molecular weight is 382 g/mol. The van der Waals surface area contributed by atoms with Crippen LogP contribution in [-0.2, 0) is 6.54 Å². The molecule has 4 rings (SSSR count). The lowest BCUT2D eigenvalue weighted by Gasteiger charge is -2.12. The summed E-state index contributed by atoms with van der Waals surface area (Å²) in [7, 11) is 0. The largest absolute Gasteiger partial charge is 0.322 e. The zero-order chi connectivity index (χ0) is 20.4. The minimum atomic E-state index is -0.236. The highest BCUT2D eigenvalue weighted by molar-refractivity contribution is 6.04. The van der Waals surface area contributed by atoms with Gasteiger partial charge in [-0.1, -0.05) is 48.5 Å². The predicted octanol–water partition coefficient (Wildman–Crippen LogP) is 4.92. The van der Waals surface area contributed by atoms with E-state index in [1.54, 1.807) is 16.8 Å². The Morgan fingerprint density at radius 2 is 1.69 bits per heavy atom. The normalized spacial score (nSPS) is 10.8. The number of pyridine rings is 1. The summed E-state index contributed by atoms with van der Waals surface area (Å²) in [6, 6.07) is 22.9. The van der Waals surface area contributed by atoms with Crippen molar-refractivity contribution in [2.75, 3.05) is 5.32 Å². The van der Waals surface area contributed by atoms with Gasteiger partial charge in [0.25, 0.3) is 11.5 Å². The molecule has 0 unspecified atom stereocenters. The van der Waals surface area contributed by atoms with Gasteiger partial charge in [-0.05, 0) is 59.5 Å². The number of fused-ring (bicyclic) bond motifs is 1. The summed E-state index contributed by atoms with van der Waals surface area (Å²) in [6.07, 6.45) is 1.63. The standard InChI is InChI=1S/C25H22N2O2/c1-17-10-12-22(14-18(17)2)26-25(29)21-11-13-24(28)27(16-21)15-20-8-5-7-19-6-3-4-9-23(19)20/h3-14,16H,15H2,1-2H3,(H,26,29). The van der Waals surface area contributed by atoms with Gasteiger partial charge in [-0.3, -0.25) is 9.59 Å². The van der Waals surface area contributed by atoms with Crippen LogP contribution in [0.4, 0.5) is 5.69 Å². The molecule has 0 aliphatic carbocycles. The number of amides is 1. The second-order valence-electron chi connectivity index (χ2n) is 7.28. The molecular weight excluding hydrogens is 360 g/mol. The Balaban J connectivity index is 1.62. The third kappa shape index (κ3) is 3.97. The van der Waals surface area contributed by atoms with E-state index in [4.69, 9.17) is 0 Å². The number of hydrogen-bond acceptors (Lipinski definition) is 2. The highest BCUT2D eigenvalue weighted by Gasteiger charge is 2.10. The van der Waals surface area contributed by atoms with E-state index in [0.29, 0.717) is 12.1 Å². The zero-order valence-electron chi connectivity index (χ0n) is 16.5. The summed E-state index contributed by atoms with van der Waals surface area (Å²) in [4.78, 5) is 25.1. The van der Waals surface area contributed by atoms with E-state index >= 15 is 0 Å². The third-order valence-electron chi connectivity index (χ3n) is 5.23. The smallest absolute Gasteiger partial charge is 0.257 e. The molecule has 0 bridgehead atoms. The van der Waals surface area contributed by atoms with E-state index < -0.39 is 0 Å². The fourth-order valence-corrected chi connectivity index (χ4v) is 3.43. The maximum atomic E-state index is 12.7. The second-order valence-corrected chi connectivity index (χ2v) is 7.28. The van der Waals surface area contributed by atoms with Crippen LogP contribution in [0.15, 0.2) is 83.8 Å². The molecule has 1 N–H and O–H groups in total. The van der Waals surface area contributed by atoms with E-state index in [2.05, 4.69) is 17.4 Å². The molecule has 0 saturated carbocycles. The van der Waals surface area contributed by atoms with E-state index in [-0.39, 0.29) is 11.5 Å². The molecule has 4 nitrogen and oxygen atoms in total. The first kappa shape index (κ1) is 18.7. The maximum Gasteiger partial charge on any atom is 0.257 e. The molecule has 0 saturated heterocycles. The Kier molecular flexibility index (Phi) is 5.00. The van der Waals surface area contributed by atoms with Crippen LogP contribution in [0, 0.1) is 13.8 Å². The molecule has 1 amide bonds. The highest BCUT2D eigenvalue weighted by atomic mass is 16.2. The molecule has 0 radical (unpaired) electrons. The van der Waals surface area contributed by atoms with Crippen molar-refractivity contribution in [3.8, 4) is 0 Å². The molecule has 0 fully saturated rings. The van der Waals surface area contributed by atoms with Gasteiger partial charge in [0, 0.05) is 18.0 Å². The fraction of sp³-hybridized carbons (Fsp3) is 0.120. The van der Waals surface area contributed by atoms with Crippen molar-refractivity contribution >= 4 is 22.4 Å². The lowest BCUT2D eigenvalue weighted by atomic mass is 10.0. The Morgan fingerprint density at radius 1 is 0.897 bits per heavy atom. The topological polar surface area (TPSA) is 51.1 Å². The van der Waals surface area contributed by atoms with Crippen LogP contribution in [0.25, 0.3) is 10.8 Å². The number of hydrogen-bond donors (Lipinski definition) is 1. The fourth-order valence-electron chi connectivity index (χ4n) is 3.43. The van der Waals surface area contributed by atoms with Gasteiger partial charge in [-0.15, -0.1) is 0 Å². The molecule has 0 atom stereocenters. The molecule has 0 aliphatic heterocycles. The number of nitrogens with zero attached hydrogens (tertiary/aromatic N) is 1. The van der Waals surface area contributed by atoms with Gasteiger partial charge in [0.15, 0.2) is 0 Å². The number of anilines is 1. The quantitative estimate of drug-likeness (QED) is 0.545. The number of aromatic nitrogens is 1. The number of carbonyl (C=O) groups is 1. The number of rotatable bonds is 4. The first-order valence-corrected chi connectivity index (χ1v) is 9.57. The second kappa shape index (κ2) is 7.76. The minimum Gasteiger partial charge on any atom is -0.322 e. The van der Waals surface area contributed by atoms with Gasteiger partial charge in [0.1, 0.15) is 0 Å². The molecule has 4 heteroatoms. The zero-order valence-corrected chi connectivity index (χ0v) is 16.5. The van der Waals surface area contributed by atoms with Crippen LogP contribution in [0.3, 0.4) is 0 Å². The molecule has 1 aromatic heterocycles. The molecule has 4 aromatic rings. The van der Waals surface area contributed by atoms with Crippen LogP contribution in [0.1, 0.15) is 27.0 Å². The van der Waals surface area contributed by atoms with E-state index in [9.17, 15) is 9.59 Å². The van der Waals surface area contributed by atoms with E-state index in [1.807, 2.05) is 62.4 Å². The lowest BCUT2D eigenvalue weighted by molar-refractivity contribution is 0.102. The number of benzene rings is 3. The molecule has 3 aromatic carbocycles. The Hall–Kier alpha value is -3.66. The Labute approximate surface area is 169 Å². The van der Waals surface area contributed by atoms with Crippen molar-refractivity contribution in [1.82, 2.24) is 4.57 Å². The first-order valence-electron chi connectivity index (χ1n) is 9.57. The first-order chi connectivity index (χ1) is 14.0. The molecule has 0 aliphatic rings. The summed E-state index contributed by atoms with van der Waals surface area (Å²) in [6.45, 7) is 4.45. The van der Waals surface area contributed by atoms with Crippen molar-refractivity contribution in [3.05, 3.63) is 112 Å². The average Bonchev–Trinajstić information content (AvgIpc) is 2.72. The van der Waals surface area contributed by atoms with Crippen molar-refractivity contribution in [2.45, 2.75) is 20.4 Å². The molecule has 29 heavy (non-hydrogen) atoms. The summed E-state index contributed by atoms with van der Waals surface area (Å²) in [5.41, 5.74) is 4.38. The highest BCUT2D eigenvalue weighted by Crippen LogP contribution is 2.19. The van der Waals surface area contributed by atoms with Crippen molar-refractivity contribution in [2.24, 2.45) is 0 Å². The Bertz CT molecular complexity index is 1270. The van der Waals surface area contributed by atoms with Crippen molar-refractivity contribution in [1.29, 1.82) is 0 Å². The maximum absolute atomic E-state index is 12.7. The van der Waals surface area contributed by atoms with Gasteiger partial charge in [-0.2, -0.15) is 0 Å². The van der Waals surface area contributed by atoms with Gasteiger partial charge < -0.3 is 9.88 Å². The summed E-state index contributed by atoms with van der Waals surface area (Å²) in [5.74, 6) is -0.236. The van der Waals surface area contributed by atoms with Gasteiger partial charge >= 0.3 is 0 Å². The number of nitrogens with one attached hydrogen (secondary N) is 1. The summed E-state index contributed by atoms with van der Waals surface area (Å²) >= 11 is 0. The summed E-state index contributed by atoms with van der Waals surface area (Å²) < 4.78 is 1.58. The third-order valence-corrected chi connectivity index (χ3v) is 5.23. The van der Waals surface area contributed by atoms with Crippen LogP contribution < -0.4 is 10.9 Å². The van der Waals surface area contributed by atoms with Crippen LogP contribution in [-0.4, -0.2) is 10.5 Å². The van der Waals surface area contributed by atoms with Crippen LogP contribution in [0.5, 0.6) is 0 Å². The van der Waals surface area contributed by atoms with Gasteiger partial charge in [0.05, 0.1) is 12.1 Å². The van der Waals surface area contributed by atoms with Gasteiger partial charge in [-0.25, -0.2) is 0 Å². The molecular formula is C25H22N2O2. The van der Waals surface area contributed by atoms with Crippen molar-refractivity contribution < 1.29 is 4.79 Å². The number of carbonyl (C=O) groups excluding carboxylic acids is 1. The molecule has 1 heterocycles. The Morgan fingerprint density at radius 3 is 2.52 bits per heavy atom. The van der Waals surface area contributed by atoms with E-state index in [1.165, 1.54) is 11.6 Å². The van der Waals surface area contributed by atoms with E-state index in [0.717, 1.165) is 27.6 Å². The molecule has 144 valence electrons. The van der Waals surface area contributed by atoms with Crippen molar-refractivity contribution in [3.63, 3.8) is 0 Å². The summed E-state index contributed by atoms with van der Waals surface area (Å²) in [5, 5.41) is 5.14. The minimum absolute atomic E-state index is 0.138. The van der Waals surface area contributed by atoms with Crippen LogP contribution in [0.2, 0.25) is 0 Å². The van der Waals surface area contributed by atoms with Gasteiger partial charge in [0.2, 0.25) is 0 Å². The number of aryl methyl sites for hydroxylation is 2. The predicted molar refractivity (Wildman–Crippen MR) is 118 cm³/mol. The lowest BCUT2D eigenvalue weighted by Crippen LogP contribution is -2.22. The SMILES string of the molecule is Cc1ccc(NC(=O)c2ccc(=O)n(Cc3cccc4ccccc34)c2)cc1C.